The number of imidazole rings is 1. The molecule has 4 aliphatic rings. The molecule has 8 rings (SSSR count). The lowest BCUT2D eigenvalue weighted by Gasteiger charge is -2.42. The third kappa shape index (κ3) is 24.2. The zero-order valence-corrected chi connectivity index (χ0v) is 62.7. The highest BCUT2D eigenvalue weighted by atomic mass is 16.4. The number of ketones is 2. The Hall–Kier alpha value is -10.2. The Morgan fingerprint density at radius 1 is 0.720 bits per heavy atom. The number of H-pyrrole nitrogens is 2. The number of primary amides is 1. The van der Waals surface area contributed by atoms with E-state index in [1.807, 2.05) is 75.4 Å². The molecule has 2 aromatic heterocycles. The van der Waals surface area contributed by atoms with Crippen LogP contribution in [0.5, 0.6) is 0 Å². The van der Waals surface area contributed by atoms with Gasteiger partial charge in [-0.3, -0.25) is 67.1 Å². The number of aliphatic hydroxyl groups is 1. The molecule has 2 bridgehead atoms. The van der Waals surface area contributed by atoms with Crippen molar-refractivity contribution in [1.29, 1.82) is 0 Å². The number of aromatic nitrogens is 3. The van der Waals surface area contributed by atoms with Crippen molar-refractivity contribution < 1.29 is 77.3 Å². The number of amides is 11. The van der Waals surface area contributed by atoms with Crippen molar-refractivity contribution in [3.8, 4) is 0 Å². The second kappa shape index (κ2) is 38.4. The number of nitrogens with zero attached hydrogens (tertiary/aromatic N) is 2. The Morgan fingerprint density at radius 3 is 2.00 bits per heavy atom. The molecular weight excluding hydrogens is 1380 g/mol. The van der Waals surface area contributed by atoms with Gasteiger partial charge in [-0.1, -0.05) is 89.6 Å². The molecule has 4 aromatic rings. The maximum atomic E-state index is 15.4. The maximum Gasteiger partial charge on any atom is 0.303 e. The van der Waals surface area contributed by atoms with Crippen LogP contribution in [0.2, 0.25) is 0 Å². The van der Waals surface area contributed by atoms with Crippen LogP contribution in [0.4, 0.5) is 0 Å². The molecule has 0 saturated carbocycles. The molecule has 582 valence electrons. The molecule has 11 atom stereocenters. The zero-order chi connectivity index (χ0) is 78.6. The second-order valence-corrected chi connectivity index (χ2v) is 30.2. The molecule has 1 aliphatic carbocycles. The molecule has 5 heterocycles. The van der Waals surface area contributed by atoms with Crippen molar-refractivity contribution in [3.05, 3.63) is 95.7 Å². The lowest BCUT2D eigenvalue weighted by molar-refractivity contribution is -0.143. The SMILES string of the molecule is CCC[C@@H]1NC(=O)[C@H](CCC(=O)O)NC(=O)CNC(=O)[C@H](CC(C)C)NC(=O)[C@H](Cc2cnc[nH]2)NC(=O)[C@H](Cc2c[nH]c3ccccc23)CC(=O)[C@H](C)NC(=O)[C@@H](NC(C)(C)C)CCC(=O)N2CCC(C(=O)N[C@H](C(N)=O)C(C)O)(CC2)NC(=O)[C@H](CC2=CCc3ccccc32)CC(=O)[C@H](C(C)C)NC1=O. The first-order valence-electron chi connectivity index (χ1n) is 36.9. The lowest BCUT2D eigenvalue weighted by Crippen LogP contribution is -2.67. The predicted molar refractivity (Wildman–Crippen MR) is 395 cm³/mol. The van der Waals surface area contributed by atoms with E-state index in [9.17, 15) is 63.0 Å². The van der Waals surface area contributed by atoms with Gasteiger partial charge in [0, 0.05) is 91.6 Å². The van der Waals surface area contributed by atoms with Crippen LogP contribution in [0.1, 0.15) is 169 Å². The number of hydrogen-bond donors (Lipinski definition) is 15. The molecule has 16 N–H and O–H groups in total. The number of aliphatic hydroxyl groups excluding tert-OH is 1. The Kier molecular flexibility index (Phi) is 30.2. The normalized spacial score (nSPS) is 25.1. The van der Waals surface area contributed by atoms with E-state index >= 15 is 14.4 Å². The van der Waals surface area contributed by atoms with Crippen LogP contribution in [0, 0.1) is 23.7 Å². The van der Waals surface area contributed by atoms with Gasteiger partial charge in [0.15, 0.2) is 11.6 Å². The van der Waals surface area contributed by atoms with Crippen molar-refractivity contribution in [1.82, 2.24) is 73.0 Å². The summed E-state index contributed by atoms with van der Waals surface area (Å²) in [7, 11) is 0. The van der Waals surface area contributed by atoms with E-state index in [1.54, 1.807) is 40.8 Å². The summed E-state index contributed by atoms with van der Waals surface area (Å²) in [5.41, 5.74) is 7.31. The van der Waals surface area contributed by atoms with Gasteiger partial charge < -0.3 is 84.0 Å². The van der Waals surface area contributed by atoms with Crippen LogP contribution in [-0.2, 0) is 86.4 Å². The molecule has 3 fully saturated rings. The van der Waals surface area contributed by atoms with Crippen LogP contribution >= 0.6 is 0 Å². The smallest absolute Gasteiger partial charge is 0.303 e. The third-order valence-corrected chi connectivity index (χ3v) is 19.6. The van der Waals surface area contributed by atoms with Crippen LogP contribution in [0.15, 0.2) is 73.3 Å². The standard InChI is InChI=1S/C76H107N15O16/c1-11-16-54-71(104)87-64(42(4)5)60(94)35-48(32-46-22-21-45-17-12-13-18-51(45)46)68(101)90-76(74(107)88-65(44(7)92)66(77)99)27-29-91(30-28-76)62(96)25-23-56(89-75(8,9)10)72(105)82-43(6)59(93)34-47(33-49-37-79-53-20-15-14-19-52(49)53)67(100)85-58(36-50-38-78-40-81-50)73(106)86-57(31-41(2)3)69(102)80-39-61(95)83-55(70(103)84-54)24-26-63(97)98/h12-15,17-20,22,37-38,40-44,47-48,54-58,64-65,79,89,92H,11,16,21,23-36,39H2,1-10H3,(H2,77,99)(H,78,81)(H,80,102)(H,82,105)(H,83,95)(H,84,103)(H,85,100)(H,86,106)(H,87,104)(H,88,107)(H,90,101)(H,97,98)/t43-,44?,47+,48+,54-,55-,56-,57-,58-,64-,65-/m0/s1. The molecular formula is C76H107N15O16. The molecule has 3 aliphatic heterocycles. The van der Waals surface area contributed by atoms with E-state index in [1.165, 1.54) is 31.3 Å². The molecule has 3 saturated heterocycles. The summed E-state index contributed by atoms with van der Waals surface area (Å²) in [6.45, 7) is 15.6. The first-order valence-corrected chi connectivity index (χ1v) is 36.9. The number of allylic oxidation sites excluding steroid dienone is 2. The number of aliphatic carboxylic acids is 1. The summed E-state index contributed by atoms with van der Waals surface area (Å²) in [6, 6.07) is 3.76. The van der Waals surface area contributed by atoms with E-state index in [4.69, 9.17) is 5.73 Å². The summed E-state index contributed by atoms with van der Waals surface area (Å²) in [6.07, 6.45) is 2.46. The first kappa shape index (κ1) is 84.1. The zero-order valence-electron chi connectivity index (χ0n) is 62.7. The number of carboxylic acids is 1. The molecule has 0 spiro atoms. The summed E-state index contributed by atoms with van der Waals surface area (Å²) >= 11 is 0. The summed E-state index contributed by atoms with van der Waals surface area (Å²) < 4.78 is 0. The van der Waals surface area contributed by atoms with Crippen LogP contribution in [0.3, 0.4) is 0 Å². The third-order valence-electron chi connectivity index (χ3n) is 19.6. The fraction of sp³-hybridized carbons (Fsp3) is 0.566. The number of nitrogens with one attached hydrogen (secondary N) is 12. The predicted octanol–water partition coefficient (Wildman–Crippen LogP) is 1.65. The number of piperidine rings is 1. The number of carboxylic acid groups (broad SMARTS) is 1. The Bertz CT molecular complexity index is 3910. The van der Waals surface area contributed by atoms with Gasteiger partial charge in [-0.2, -0.15) is 0 Å². The van der Waals surface area contributed by atoms with Crippen molar-refractivity contribution in [2.45, 2.75) is 231 Å². The van der Waals surface area contributed by atoms with Crippen LogP contribution in [-0.4, -0.2) is 198 Å². The van der Waals surface area contributed by atoms with Crippen molar-refractivity contribution in [2.24, 2.45) is 29.4 Å². The Balaban J connectivity index is 1.26. The molecule has 11 amide bonds. The quantitative estimate of drug-likeness (QED) is 0.0593. The number of hydrogen-bond acceptors (Lipinski definition) is 17. The summed E-state index contributed by atoms with van der Waals surface area (Å²) in [5, 5.41) is 48.6. The molecule has 31 nitrogen and oxygen atoms in total. The molecule has 2 aromatic carbocycles. The highest BCUT2D eigenvalue weighted by Crippen LogP contribution is 2.35. The highest BCUT2D eigenvalue weighted by molar-refractivity contribution is 6.01. The van der Waals surface area contributed by atoms with Crippen molar-refractivity contribution in [3.63, 3.8) is 0 Å². The van der Waals surface area contributed by atoms with Gasteiger partial charge in [0.25, 0.3) is 0 Å². The van der Waals surface area contributed by atoms with Crippen molar-refractivity contribution in [2.75, 3.05) is 19.6 Å². The Morgan fingerprint density at radius 2 is 1.36 bits per heavy atom. The minimum Gasteiger partial charge on any atom is -0.481 e. The number of rotatable bonds is 19. The van der Waals surface area contributed by atoms with Gasteiger partial charge in [0.05, 0.1) is 37.1 Å². The summed E-state index contributed by atoms with van der Waals surface area (Å²) in [4.78, 5) is 212. The van der Waals surface area contributed by atoms with Gasteiger partial charge in [-0.15, -0.1) is 0 Å². The topological polar surface area (TPSA) is 473 Å². The Labute approximate surface area is 622 Å². The monoisotopic (exact) mass is 1490 g/mol. The number of para-hydroxylation sites is 1. The lowest BCUT2D eigenvalue weighted by atomic mass is 9.83. The van der Waals surface area contributed by atoms with E-state index in [-0.39, 0.29) is 76.8 Å². The fourth-order valence-electron chi connectivity index (χ4n) is 13.8. The average molecular weight is 1490 g/mol. The number of Topliss-reactive ketones (excluding diaryl/α,β-unsaturated/α-hetero) is 2. The number of carbonyl (C=O) groups is 14. The van der Waals surface area contributed by atoms with Gasteiger partial charge in [0.1, 0.15) is 35.7 Å². The number of fused-ring (bicyclic) bond motifs is 36. The molecule has 1 unspecified atom stereocenters. The van der Waals surface area contributed by atoms with Crippen LogP contribution < -0.4 is 58.9 Å². The first-order chi connectivity index (χ1) is 50.5. The second-order valence-electron chi connectivity index (χ2n) is 30.2. The van der Waals surface area contributed by atoms with Crippen LogP contribution in [0.25, 0.3) is 16.5 Å². The van der Waals surface area contributed by atoms with Crippen molar-refractivity contribution >= 4 is 99.0 Å². The number of benzene rings is 2. The molecule has 31 heteroatoms. The number of nitrogens with two attached hydrogens (primary N) is 1. The van der Waals surface area contributed by atoms with Gasteiger partial charge in [-0.05, 0) is 133 Å². The largest absolute Gasteiger partial charge is 0.481 e. The molecule has 0 radical (unpaired) electrons. The number of carbonyl (C=O) groups excluding carboxylic acids is 13. The summed E-state index contributed by atoms with van der Waals surface area (Å²) in [5.74, 6) is -15.0. The average Bonchev–Trinajstić information content (AvgIpc) is 1.37. The minimum absolute atomic E-state index is 0.0111. The molecule has 107 heavy (non-hydrogen) atoms. The van der Waals surface area contributed by atoms with Gasteiger partial charge in [0.2, 0.25) is 65.0 Å². The van der Waals surface area contributed by atoms with E-state index < -0.39 is 198 Å². The van der Waals surface area contributed by atoms with E-state index in [0.29, 0.717) is 29.7 Å². The number of aromatic amines is 2. The minimum atomic E-state index is -1.91. The highest BCUT2D eigenvalue weighted by Gasteiger charge is 2.47. The van der Waals surface area contributed by atoms with Gasteiger partial charge in [-0.25, -0.2) is 4.98 Å². The van der Waals surface area contributed by atoms with Gasteiger partial charge >= 0.3 is 5.97 Å². The maximum absolute atomic E-state index is 15.4. The fourth-order valence-corrected chi connectivity index (χ4v) is 13.8. The van der Waals surface area contributed by atoms with E-state index in [2.05, 4.69) is 68.1 Å². The van der Waals surface area contributed by atoms with E-state index in [0.717, 1.165) is 22.0 Å².